The summed E-state index contributed by atoms with van der Waals surface area (Å²) in [6, 6.07) is 19.8. The van der Waals surface area contributed by atoms with E-state index >= 15 is 0 Å². The van der Waals surface area contributed by atoms with Crippen LogP contribution in [0.5, 0.6) is 23.0 Å². The van der Waals surface area contributed by atoms with E-state index in [1.165, 1.54) is 6.21 Å². The second-order valence-electron chi connectivity index (χ2n) is 7.46. The molecule has 3 aromatic rings. The number of amides is 2. The van der Waals surface area contributed by atoms with Gasteiger partial charge in [-0.2, -0.15) is 5.10 Å². The van der Waals surface area contributed by atoms with E-state index in [0.717, 1.165) is 5.56 Å². The quantitative estimate of drug-likeness (QED) is 0.278. The Morgan fingerprint density at radius 2 is 1.50 bits per heavy atom. The van der Waals surface area contributed by atoms with Crippen molar-refractivity contribution in [3.63, 3.8) is 0 Å². The Morgan fingerprint density at radius 1 is 0.833 bits per heavy atom. The molecular weight excluding hydrogens is 462 g/mol. The van der Waals surface area contributed by atoms with Crippen molar-refractivity contribution in [1.29, 1.82) is 0 Å². The van der Waals surface area contributed by atoms with Crippen LogP contribution in [0.15, 0.2) is 71.8 Å². The van der Waals surface area contributed by atoms with E-state index in [1.54, 1.807) is 36.4 Å². The molecule has 9 heteroatoms. The number of nitrogens with zero attached hydrogens (tertiary/aromatic N) is 1. The molecule has 0 radical (unpaired) electrons. The first-order valence-corrected chi connectivity index (χ1v) is 11.4. The number of nitrogens with one attached hydrogen (secondary N) is 1. The molecule has 0 aliphatic carbocycles. The van der Waals surface area contributed by atoms with Gasteiger partial charge in [0.05, 0.1) is 19.4 Å². The van der Waals surface area contributed by atoms with E-state index in [1.807, 2.05) is 44.2 Å². The van der Waals surface area contributed by atoms with Crippen LogP contribution in [0.3, 0.4) is 0 Å². The lowest BCUT2D eigenvalue weighted by atomic mass is 10.2. The monoisotopic (exact) mass is 491 g/mol. The molecule has 3 N–H and O–H groups in total. The average Bonchev–Trinajstić information content (AvgIpc) is 2.88. The minimum Gasteiger partial charge on any atom is -0.490 e. The van der Waals surface area contributed by atoms with Crippen molar-refractivity contribution in [2.24, 2.45) is 10.8 Å². The first-order chi connectivity index (χ1) is 17.5. The van der Waals surface area contributed by atoms with Gasteiger partial charge in [-0.05, 0) is 61.4 Å². The number of carbonyl (C=O) groups excluding carboxylic acids is 2. The SMILES string of the molecule is CCOc1cc(/C=N/NC(=O)c2ccc(OCc3ccccc3)c(OCC)c2)ccc1OCC(N)=O. The van der Waals surface area contributed by atoms with Crippen LogP contribution >= 0.6 is 0 Å². The van der Waals surface area contributed by atoms with Gasteiger partial charge in [-0.1, -0.05) is 30.3 Å². The lowest BCUT2D eigenvalue weighted by Gasteiger charge is -2.13. The predicted octanol–water partition coefficient (Wildman–Crippen LogP) is 3.69. The van der Waals surface area contributed by atoms with Crippen LogP contribution < -0.4 is 30.1 Å². The zero-order valence-corrected chi connectivity index (χ0v) is 20.2. The van der Waals surface area contributed by atoms with E-state index in [-0.39, 0.29) is 6.61 Å². The molecule has 0 heterocycles. The third-order valence-electron chi connectivity index (χ3n) is 4.76. The van der Waals surface area contributed by atoms with Crippen LogP contribution in [-0.4, -0.2) is 37.8 Å². The minimum absolute atomic E-state index is 0.261. The molecule has 2 amide bonds. The Labute approximate surface area is 209 Å². The van der Waals surface area contributed by atoms with Gasteiger partial charge in [-0.3, -0.25) is 9.59 Å². The number of hydrogen-bond acceptors (Lipinski definition) is 7. The summed E-state index contributed by atoms with van der Waals surface area (Å²) in [6.45, 7) is 4.63. The fraction of sp³-hybridized carbons (Fsp3) is 0.222. The lowest BCUT2D eigenvalue weighted by molar-refractivity contribution is -0.119. The Balaban J connectivity index is 1.65. The summed E-state index contributed by atoms with van der Waals surface area (Å²) in [6.07, 6.45) is 1.47. The molecule has 0 fully saturated rings. The molecule has 0 unspecified atom stereocenters. The largest absolute Gasteiger partial charge is 0.490 e. The highest BCUT2D eigenvalue weighted by atomic mass is 16.5. The molecular formula is C27H29N3O6. The van der Waals surface area contributed by atoms with E-state index in [2.05, 4.69) is 10.5 Å². The molecule has 0 atom stereocenters. The summed E-state index contributed by atoms with van der Waals surface area (Å²) in [5.41, 5.74) is 9.68. The lowest BCUT2D eigenvalue weighted by Crippen LogP contribution is -2.20. The molecule has 0 aromatic heterocycles. The number of rotatable bonds is 13. The number of hydrazone groups is 1. The second kappa shape index (κ2) is 13.4. The van der Waals surface area contributed by atoms with Gasteiger partial charge in [0, 0.05) is 5.56 Å². The first kappa shape index (κ1) is 26.1. The maximum absolute atomic E-state index is 12.6. The van der Waals surface area contributed by atoms with Gasteiger partial charge in [-0.15, -0.1) is 0 Å². The van der Waals surface area contributed by atoms with Gasteiger partial charge in [0.1, 0.15) is 6.61 Å². The summed E-state index contributed by atoms with van der Waals surface area (Å²) in [5, 5.41) is 4.03. The van der Waals surface area contributed by atoms with E-state index < -0.39 is 11.8 Å². The molecule has 0 spiro atoms. The number of hydrogen-bond donors (Lipinski definition) is 2. The van der Waals surface area contributed by atoms with Gasteiger partial charge < -0.3 is 24.7 Å². The summed E-state index contributed by atoms with van der Waals surface area (Å²) < 4.78 is 22.5. The summed E-state index contributed by atoms with van der Waals surface area (Å²) in [4.78, 5) is 23.6. The van der Waals surface area contributed by atoms with Crippen molar-refractivity contribution in [1.82, 2.24) is 5.43 Å². The molecule has 188 valence electrons. The molecule has 9 nitrogen and oxygen atoms in total. The Kier molecular flexibility index (Phi) is 9.69. The zero-order valence-electron chi connectivity index (χ0n) is 20.2. The van der Waals surface area contributed by atoms with E-state index in [4.69, 9.17) is 24.7 Å². The van der Waals surface area contributed by atoms with Gasteiger partial charge >= 0.3 is 0 Å². The summed E-state index contributed by atoms with van der Waals surface area (Å²) in [5.74, 6) is 0.833. The van der Waals surface area contributed by atoms with Crippen LogP contribution in [0.1, 0.15) is 35.3 Å². The van der Waals surface area contributed by atoms with Crippen molar-refractivity contribution in [2.75, 3.05) is 19.8 Å². The van der Waals surface area contributed by atoms with Crippen LogP contribution in [0.2, 0.25) is 0 Å². The normalized spacial score (nSPS) is 10.6. The molecule has 36 heavy (non-hydrogen) atoms. The fourth-order valence-electron chi connectivity index (χ4n) is 3.14. The highest BCUT2D eigenvalue weighted by Crippen LogP contribution is 2.30. The molecule has 0 bridgehead atoms. The highest BCUT2D eigenvalue weighted by molar-refractivity contribution is 5.95. The number of primary amides is 1. The van der Waals surface area contributed by atoms with E-state index in [9.17, 15) is 9.59 Å². The first-order valence-electron chi connectivity index (χ1n) is 11.4. The summed E-state index contributed by atoms with van der Waals surface area (Å²) in [7, 11) is 0. The van der Waals surface area contributed by atoms with Crippen molar-refractivity contribution in [3.05, 3.63) is 83.4 Å². The molecule has 0 saturated heterocycles. The molecule has 0 saturated carbocycles. The van der Waals surface area contributed by atoms with Gasteiger partial charge in [0.15, 0.2) is 29.6 Å². The van der Waals surface area contributed by atoms with Gasteiger partial charge in [0.2, 0.25) is 0 Å². The smallest absolute Gasteiger partial charge is 0.271 e. The molecule has 3 rings (SSSR count). The van der Waals surface area contributed by atoms with Crippen LogP contribution in [0, 0.1) is 0 Å². The third kappa shape index (κ3) is 7.76. The number of benzene rings is 3. The predicted molar refractivity (Wildman–Crippen MR) is 136 cm³/mol. The van der Waals surface area contributed by atoms with E-state index in [0.29, 0.717) is 53.9 Å². The Bertz CT molecular complexity index is 1200. The standard InChI is InChI=1S/C27H29N3O6/c1-3-33-24-14-20(10-12-22(24)36-18-26(28)31)16-29-30-27(32)21-11-13-23(25(15-21)34-4-2)35-17-19-8-6-5-7-9-19/h5-16H,3-4,17-18H2,1-2H3,(H2,28,31)(H,30,32)/b29-16+. The molecule has 0 aliphatic rings. The van der Waals surface area contributed by atoms with Crippen LogP contribution in [0.25, 0.3) is 0 Å². The highest BCUT2D eigenvalue weighted by Gasteiger charge is 2.12. The number of ether oxygens (including phenoxy) is 4. The Morgan fingerprint density at radius 3 is 2.19 bits per heavy atom. The van der Waals surface area contributed by atoms with Crippen LogP contribution in [0.4, 0.5) is 0 Å². The Hall–Kier alpha value is -4.53. The molecule has 0 aliphatic heterocycles. The van der Waals surface area contributed by atoms with Gasteiger partial charge in [0.25, 0.3) is 11.8 Å². The number of carbonyl (C=O) groups is 2. The minimum atomic E-state index is -0.589. The fourth-order valence-corrected chi connectivity index (χ4v) is 3.14. The van der Waals surface area contributed by atoms with Crippen molar-refractivity contribution >= 4 is 18.0 Å². The topological polar surface area (TPSA) is 121 Å². The second-order valence-corrected chi connectivity index (χ2v) is 7.46. The average molecular weight is 492 g/mol. The summed E-state index contributed by atoms with van der Waals surface area (Å²) >= 11 is 0. The van der Waals surface area contributed by atoms with Crippen molar-refractivity contribution < 1.29 is 28.5 Å². The zero-order chi connectivity index (χ0) is 25.8. The van der Waals surface area contributed by atoms with Crippen molar-refractivity contribution in [2.45, 2.75) is 20.5 Å². The molecule has 3 aromatic carbocycles. The van der Waals surface area contributed by atoms with Gasteiger partial charge in [-0.25, -0.2) is 5.43 Å². The van der Waals surface area contributed by atoms with Crippen molar-refractivity contribution in [3.8, 4) is 23.0 Å². The third-order valence-corrected chi connectivity index (χ3v) is 4.76. The maximum atomic E-state index is 12.6. The number of nitrogens with two attached hydrogens (primary N) is 1. The van der Waals surface area contributed by atoms with Crippen LogP contribution in [-0.2, 0) is 11.4 Å². The maximum Gasteiger partial charge on any atom is 0.271 e.